The number of aromatic nitrogens is 1. The molecule has 32 heavy (non-hydrogen) atoms. The molecule has 0 spiro atoms. The largest absolute Gasteiger partial charge is 0.394 e. The molecule has 4 rings (SSSR count). The van der Waals surface area contributed by atoms with Gasteiger partial charge in [-0.05, 0) is 60.0 Å². The van der Waals surface area contributed by atoms with Crippen LogP contribution in [0.3, 0.4) is 0 Å². The Morgan fingerprint density at radius 1 is 0.875 bits per heavy atom. The van der Waals surface area contributed by atoms with Crippen molar-refractivity contribution < 1.29 is 8.78 Å². The molecule has 8 heteroatoms. The number of nitrogens with two attached hydrogens (primary N) is 1. The first-order valence-electron chi connectivity index (χ1n) is 9.92. The standard InChI is InChI=1S/C24H20F2N4O2/c1-13(15-5-6-18(25)19(26)12-15)29-21(14-7-9-28-10-8-14)16-3-2-4-17(11-16)30-22-20(27)23(31)24(22)32/h2-13,21,29-30H,27H2,1H3. The van der Waals surface area contributed by atoms with E-state index in [4.69, 9.17) is 5.73 Å². The lowest BCUT2D eigenvalue weighted by Crippen LogP contribution is -2.36. The third-order valence-corrected chi connectivity index (χ3v) is 5.34. The van der Waals surface area contributed by atoms with E-state index >= 15 is 0 Å². The number of halogens is 2. The van der Waals surface area contributed by atoms with Gasteiger partial charge in [0.15, 0.2) is 11.6 Å². The molecule has 0 saturated heterocycles. The van der Waals surface area contributed by atoms with Gasteiger partial charge in [0.25, 0.3) is 10.9 Å². The van der Waals surface area contributed by atoms with Gasteiger partial charge in [0, 0.05) is 24.1 Å². The van der Waals surface area contributed by atoms with Crippen molar-refractivity contribution in [2.75, 3.05) is 11.1 Å². The fraction of sp³-hybridized carbons (Fsp3) is 0.125. The van der Waals surface area contributed by atoms with Crippen molar-refractivity contribution in [3.63, 3.8) is 0 Å². The molecule has 0 radical (unpaired) electrons. The highest BCUT2D eigenvalue weighted by molar-refractivity contribution is 5.76. The molecule has 4 N–H and O–H groups in total. The minimum atomic E-state index is -0.909. The second-order valence-corrected chi connectivity index (χ2v) is 7.47. The molecule has 0 aliphatic rings. The monoisotopic (exact) mass is 434 g/mol. The summed E-state index contributed by atoms with van der Waals surface area (Å²) in [6, 6.07) is 14.1. The molecule has 0 fully saturated rings. The maximum absolute atomic E-state index is 13.7. The number of hydrogen-bond acceptors (Lipinski definition) is 6. The second kappa shape index (κ2) is 8.68. The van der Waals surface area contributed by atoms with E-state index in [1.54, 1.807) is 24.5 Å². The fourth-order valence-electron chi connectivity index (χ4n) is 3.54. The third kappa shape index (κ3) is 4.13. The van der Waals surface area contributed by atoms with E-state index in [0.29, 0.717) is 11.3 Å². The number of benzene rings is 2. The van der Waals surface area contributed by atoms with Crippen molar-refractivity contribution in [3.05, 3.63) is 116 Å². The molecule has 0 aliphatic heterocycles. The van der Waals surface area contributed by atoms with Gasteiger partial charge in [0.1, 0.15) is 11.4 Å². The van der Waals surface area contributed by atoms with Crippen molar-refractivity contribution in [2.45, 2.75) is 19.0 Å². The van der Waals surface area contributed by atoms with Crippen LogP contribution in [0.2, 0.25) is 0 Å². The van der Waals surface area contributed by atoms with Gasteiger partial charge in [0.2, 0.25) is 0 Å². The van der Waals surface area contributed by atoms with Crippen LogP contribution in [0.4, 0.5) is 25.8 Å². The third-order valence-electron chi connectivity index (χ3n) is 5.34. The molecule has 0 saturated carbocycles. The quantitative estimate of drug-likeness (QED) is 0.384. The Bertz CT molecular complexity index is 1330. The van der Waals surface area contributed by atoms with Crippen molar-refractivity contribution in [1.82, 2.24) is 10.3 Å². The average molecular weight is 434 g/mol. The number of nitrogen functional groups attached to an aromatic ring is 1. The zero-order valence-electron chi connectivity index (χ0n) is 17.1. The Morgan fingerprint density at radius 3 is 2.31 bits per heavy atom. The topological polar surface area (TPSA) is 97.1 Å². The lowest BCUT2D eigenvalue weighted by molar-refractivity contribution is 0.490. The molecule has 162 valence electrons. The number of nitrogens with one attached hydrogen (secondary N) is 2. The van der Waals surface area contributed by atoms with Gasteiger partial charge in [-0.3, -0.25) is 19.9 Å². The van der Waals surface area contributed by atoms with Gasteiger partial charge in [-0.2, -0.15) is 0 Å². The highest BCUT2D eigenvalue weighted by Crippen LogP contribution is 2.29. The highest BCUT2D eigenvalue weighted by Gasteiger charge is 2.21. The van der Waals surface area contributed by atoms with E-state index in [2.05, 4.69) is 15.6 Å². The van der Waals surface area contributed by atoms with E-state index in [1.807, 2.05) is 31.2 Å². The van der Waals surface area contributed by atoms with Crippen molar-refractivity contribution >= 4 is 17.1 Å². The first-order chi connectivity index (χ1) is 15.3. The summed E-state index contributed by atoms with van der Waals surface area (Å²) in [6.45, 7) is 1.85. The lowest BCUT2D eigenvalue weighted by atomic mass is 9.96. The Balaban J connectivity index is 1.66. The summed E-state index contributed by atoms with van der Waals surface area (Å²) in [4.78, 5) is 27.2. The molecule has 2 unspecified atom stereocenters. The number of pyridine rings is 1. The van der Waals surface area contributed by atoms with E-state index in [-0.39, 0.29) is 23.5 Å². The van der Waals surface area contributed by atoms with Gasteiger partial charge in [-0.25, -0.2) is 8.78 Å². The summed E-state index contributed by atoms with van der Waals surface area (Å²) in [7, 11) is 0. The van der Waals surface area contributed by atoms with E-state index in [0.717, 1.165) is 17.2 Å². The Kier molecular flexibility index (Phi) is 5.79. The van der Waals surface area contributed by atoms with Gasteiger partial charge in [-0.1, -0.05) is 18.2 Å². The molecule has 1 heterocycles. The maximum atomic E-state index is 13.7. The van der Waals surface area contributed by atoms with E-state index in [9.17, 15) is 18.4 Å². The summed E-state index contributed by atoms with van der Waals surface area (Å²) in [5.41, 5.74) is 7.19. The van der Waals surface area contributed by atoms with Crippen LogP contribution in [0.5, 0.6) is 0 Å². The van der Waals surface area contributed by atoms with Crippen LogP contribution in [0.15, 0.2) is 76.6 Å². The summed E-state index contributed by atoms with van der Waals surface area (Å²) < 4.78 is 27.1. The summed E-state index contributed by atoms with van der Waals surface area (Å²) in [5.74, 6) is -1.81. The number of hydrogen-bond donors (Lipinski definition) is 3. The minimum absolute atomic E-state index is 0.0794. The molecule has 0 bridgehead atoms. The van der Waals surface area contributed by atoms with Crippen molar-refractivity contribution in [3.8, 4) is 0 Å². The maximum Gasteiger partial charge on any atom is 0.253 e. The predicted octanol–water partition coefficient (Wildman–Crippen LogP) is 3.72. The van der Waals surface area contributed by atoms with Crippen LogP contribution in [-0.2, 0) is 0 Å². The molecule has 3 aromatic carbocycles. The molecular formula is C24H20F2N4O2. The predicted molar refractivity (Wildman–Crippen MR) is 119 cm³/mol. The van der Waals surface area contributed by atoms with Crippen molar-refractivity contribution in [1.29, 1.82) is 0 Å². The average Bonchev–Trinajstić information content (AvgIpc) is 2.82. The van der Waals surface area contributed by atoms with Crippen LogP contribution in [-0.4, -0.2) is 4.98 Å². The molecule has 2 atom stereocenters. The van der Waals surface area contributed by atoms with E-state index < -0.39 is 22.5 Å². The van der Waals surface area contributed by atoms with E-state index in [1.165, 1.54) is 12.1 Å². The summed E-state index contributed by atoms with van der Waals surface area (Å²) in [5, 5.41) is 6.35. The zero-order valence-corrected chi connectivity index (χ0v) is 17.1. The van der Waals surface area contributed by atoms with Gasteiger partial charge in [-0.15, -0.1) is 0 Å². The zero-order chi connectivity index (χ0) is 22.8. The first kappa shape index (κ1) is 21.3. The first-order valence-corrected chi connectivity index (χ1v) is 9.92. The normalized spacial score (nSPS) is 13.1. The second-order valence-electron chi connectivity index (χ2n) is 7.47. The van der Waals surface area contributed by atoms with Crippen LogP contribution in [0.25, 0.3) is 0 Å². The van der Waals surface area contributed by atoms with Crippen molar-refractivity contribution in [2.24, 2.45) is 0 Å². The van der Waals surface area contributed by atoms with Crippen LogP contribution in [0, 0.1) is 11.6 Å². The summed E-state index contributed by atoms with van der Waals surface area (Å²) >= 11 is 0. The molecular weight excluding hydrogens is 414 g/mol. The smallest absolute Gasteiger partial charge is 0.253 e. The Labute approximate surface area is 182 Å². The Hall–Kier alpha value is -3.91. The minimum Gasteiger partial charge on any atom is -0.394 e. The molecule has 6 nitrogen and oxygen atoms in total. The van der Waals surface area contributed by atoms with Gasteiger partial charge < -0.3 is 11.1 Å². The van der Waals surface area contributed by atoms with Crippen LogP contribution in [0.1, 0.15) is 35.7 Å². The molecule has 0 aliphatic carbocycles. The lowest BCUT2D eigenvalue weighted by Gasteiger charge is -2.25. The van der Waals surface area contributed by atoms with Crippen LogP contribution < -0.4 is 27.2 Å². The number of rotatable bonds is 7. The Morgan fingerprint density at radius 2 is 1.62 bits per heavy atom. The highest BCUT2D eigenvalue weighted by atomic mass is 19.2. The fourth-order valence-corrected chi connectivity index (χ4v) is 3.54. The van der Waals surface area contributed by atoms with Gasteiger partial charge in [0.05, 0.1) is 6.04 Å². The van der Waals surface area contributed by atoms with Gasteiger partial charge >= 0.3 is 0 Å². The van der Waals surface area contributed by atoms with Crippen LogP contribution >= 0.6 is 0 Å². The molecule has 4 aromatic rings. The SMILES string of the molecule is CC(NC(c1ccncc1)c1cccc(Nc2c(N)c(=O)c2=O)c1)c1ccc(F)c(F)c1. The number of nitrogens with zero attached hydrogens (tertiary/aromatic N) is 1. The molecule has 1 aromatic heterocycles. The number of anilines is 3. The summed E-state index contributed by atoms with van der Waals surface area (Å²) in [6.07, 6.45) is 3.33. The molecule has 0 amide bonds.